The monoisotopic (exact) mass is 300 g/mol. The highest BCUT2D eigenvalue weighted by molar-refractivity contribution is 6.30. The van der Waals surface area contributed by atoms with Gasteiger partial charge in [0, 0.05) is 29.8 Å². The van der Waals surface area contributed by atoms with Gasteiger partial charge in [-0.1, -0.05) is 41.4 Å². The molecule has 1 aliphatic heterocycles. The third kappa shape index (κ3) is 3.27. The summed E-state index contributed by atoms with van der Waals surface area (Å²) in [5.74, 6) is 1.04. The molecule has 2 nitrogen and oxygen atoms in total. The van der Waals surface area contributed by atoms with Crippen LogP contribution in [0.15, 0.2) is 36.4 Å². The number of ketones is 1. The van der Waals surface area contributed by atoms with Gasteiger partial charge in [-0.25, -0.2) is 0 Å². The van der Waals surface area contributed by atoms with Crippen LogP contribution in [-0.4, -0.2) is 12.4 Å². The van der Waals surface area contributed by atoms with E-state index in [4.69, 9.17) is 16.3 Å². The molecule has 0 fully saturated rings. The zero-order valence-corrected chi connectivity index (χ0v) is 12.7. The second-order valence-corrected chi connectivity index (χ2v) is 5.97. The minimum Gasteiger partial charge on any atom is -0.493 e. The second kappa shape index (κ2) is 5.90. The van der Waals surface area contributed by atoms with Crippen molar-refractivity contribution in [2.75, 3.05) is 6.61 Å². The number of aryl methyl sites for hydroxylation is 1. The molecule has 0 amide bonds. The summed E-state index contributed by atoms with van der Waals surface area (Å²) < 4.78 is 5.64. The van der Waals surface area contributed by atoms with Gasteiger partial charge in [-0.3, -0.25) is 4.79 Å². The number of rotatable bonds is 4. The molecule has 0 unspecified atom stereocenters. The van der Waals surface area contributed by atoms with Crippen molar-refractivity contribution in [3.8, 4) is 5.75 Å². The van der Waals surface area contributed by atoms with E-state index < -0.39 is 0 Å². The Morgan fingerprint density at radius 2 is 2.10 bits per heavy atom. The number of hydrogen-bond donors (Lipinski definition) is 0. The maximum Gasteiger partial charge on any atom is 0.141 e. The van der Waals surface area contributed by atoms with E-state index in [1.54, 1.807) is 0 Å². The van der Waals surface area contributed by atoms with Crippen LogP contribution in [0.25, 0.3) is 0 Å². The van der Waals surface area contributed by atoms with Crippen molar-refractivity contribution in [2.24, 2.45) is 0 Å². The van der Waals surface area contributed by atoms with Gasteiger partial charge in [0.1, 0.15) is 11.5 Å². The molecule has 0 saturated heterocycles. The molecule has 3 heteroatoms. The Hall–Kier alpha value is -1.80. The number of halogens is 1. The first-order chi connectivity index (χ1) is 10.1. The lowest BCUT2D eigenvalue weighted by atomic mass is 9.99. The van der Waals surface area contributed by atoms with E-state index in [0.29, 0.717) is 24.5 Å². The first-order valence-electron chi connectivity index (χ1n) is 7.13. The molecule has 0 aliphatic carbocycles. The molecule has 0 bridgehead atoms. The summed E-state index contributed by atoms with van der Waals surface area (Å²) >= 11 is 6.13. The lowest BCUT2D eigenvalue weighted by Crippen LogP contribution is -2.07. The third-order valence-corrected chi connectivity index (χ3v) is 3.91. The van der Waals surface area contributed by atoms with E-state index in [9.17, 15) is 4.79 Å². The van der Waals surface area contributed by atoms with Crippen LogP contribution in [0.2, 0.25) is 5.02 Å². The van der Waals surface area contributed by atoms with Crippen molar-refractivity contribution in [3.63, 3.8) is 0 Å². The summed E-state index contributed by atoms with van der Waals surface area (Å²) in [5.41, 5.74) is 4.25. The van der Waals surface area contributed by atoms with Gasteiger partial charge in [0.15, 0.2) is 0 Å². The smallest absolute Gasteiger partial charge is 0.141 e. The summed E-state index contributed by atoms with van der Waals surface area (Å²) in [5, 5.41) is 0.678. The summed E-state index contributed by atoms with van der Waals surface area (Å²) in [6.45, 7) is 2.71. The van der Waals surface area contributed by atoms with Crippen LogP contribution < -0.4 is 4.74 Å². The number of fused-ring (bicyclic) bond motifs is 1. The Kier molecular flexibility index (Phi) is 3.98. The van der Waals surface area contributed by atoms with Gasteiger partial charge < -0.3 is 4.74 Å². The van der Waals surface area contributed by atoms with Crippen molar-refractivity contribution in [1.82, 2.24) is 0 Å². The average molecular weight is 301 g/mol. The predicted octanol–water partition coefficient (Wildman–Crippen LogP) is 3.94. The van der Waals surface area contributed by atoms with Gasteiger partial charge in [0.2, 0.25) is 0 Å². The number of carbonyl (C=O) groups is 1. The van der Waals surface area contributed by atoms with E-state index in [-0.39, 0.29) is 5.78 Å². The fourth-order valence-electron chi connectivity index (χ4n) is 2.80. The Balaban J connectivity index is 1.76. The SMILES string of the molecule is Cc1cccc(CC(=O)Cc2cc(Cl)cc3c2OCC3)c1. The molecule has 108 valence electrons. The standard InChI is InChI=1S/C18H17ClO2/c1-12-3-2-4-13(7-12)8-17(20)11-15-10-16(19)9-14-5-6-21-18(14)15/h2-4,7,9-10H,5-6,8,11H2,1H3. The van der Waals surface area contributed by atoms with Crippen LogP contribution in [0, 0.1) is 6.92 Å². The summed E-state index contributed by atoms with van der Waals surface area (Å²) in [6.07, 6.45) is 1.69. The molecular formula is C18H17ClO2. The van der Waals surface area contributed by atoms with Crippen LogP contribution in [0.5, 0.6) is 5.75 Å². The molecular weight excluding hydrogens is 284 g/mol. The molecule has 0 radical (unpaired) electrons. The Morgan fingerprint density at radius 3 is 2.90 bits per heavy atom. The normalized spacial score (nSPS) is 12.9. The lowest BCUT2D eigenvalue weighted by Gasteiger charge is -2.09. The van der Waals surface area contributed by atoms with Crippen LogP contribution >= 0.6 is 11.6 Å². The Morgan fingerprint density at radius 1 is 1.24 bits per heavy atom. The maximum absolute atomic E-state index is 12.3. The number of ether oxygens (including phenoxy) is 1. The molecule has 0 N–H and O–H groups in total. The number of benzene rings is 2. The molecule has 3 rings (SSSR count). The van der Waals surface area contributed by atoms with Crippen LogP contribution in [0.4, 0.5) is 0 Å². The molecule has 2 aromatic carbocycles. The van der Waals surface area contributed by atoms with Gasteiger partial charge in [0.25, 0.3) is 0 Å². The maximum atomic E-state index is 12.3. The summed E-state index contributed by atoms with van der Waals surface area (Å²) in [6, 6.07) is 11.8. The summed E-state index contributed by atoms with van der Waals surface area (Å²) in [7, 11) is 0. The molecule has 2 aromatic rings. The Bertz CT molecular complexity index is 692. The number of hydrogen-bond acceptors (Lipinski definition) is 2. The minimum atomic E-state index is 0.181. The van der Waals surface area contributed by atoms with E-state index in [0.717, 1.165) is 28.9 Å². The van der Waals surface area contributed by atoms with Crippen LogP contribution in [0.1, 0.15) is 22.3 Å². The van der Waals surface area contributed by atoms with Crippen molar-refractivity contribution >= 4 is 17.4 Å². The predicted molar refractivity (Wildman–Crippen MR) is 84.2 cm³/mol. The molecule has 21 heavy (non-hydrogen) atoms. The highest BCUT2D eigenvalue weighted by Gasteiger charge is 2.19. The zero-order chi connectivity index (χ0) is 14.8. The highest BCUT2D eigenvalue weighted by atomic mass is 35.5. The molecule has 0 saturated carbocycles. The molecule has 0 spiro atoms. The van der Waals surface area contributed by atoms with Crippen LogP contribution in [0.3, 0.4) is 0 Å². The van der Waals surface area contributed by atoms with E-state index >= 15 is 0 Å². The number of carbonyl (C=O) groups excluding carboxylic acids is 1. The van der Waals surface area contributed by atoms with Gasteiger partial charge in [-0.15, -0.1) is 0 Å². The molecule has 1 aliphatic rings. The fraction of sp³-hybridized carbons (Fsp3) is 0.278. The van der Waals surface area contributed by atoms with Gasteiger partial charge in [0.05, 0.1) is 6.61 Å². The summed E-state index contributed by atoms with van der Waals surface area (Å²) in [4.78, 5) is 12.3. The first-order valence-corrected chi connectivity index (χ1v) is 7.51. The second-order valence-electron chi connectivity index (χ2n) is 5.53. The molecule has 0 atom stereocenters. The van der Waals surface area contributed by atoms with Gasteiger partial charge in [-0.05, 0) is 30.2 Å². The molecule has 1 heterocycles. The van der Waals surface area contributed by atoms with E-state index in [1.165, 1.54) is 5.56 Å². The molecule has 0 aromatic heterocycles. The third-order valence-electron chi connectivity index (χ3n) is 3.70. The van der Waals surface area contributed by atoms with Crippen molar-refractivity contribution in [1.29, 1.82) is 0 Å². The van der Waals surface area contributed by atoms with Crippen molar-refractivity contribution in [2.45, 2.75) is 26.2 Å². The van der Waals surface area contributed by atoms with E-state index in [1.807, 2.05) is 37.3 Å². The topological polar surface area (TPSA) is 26.3 Å². The van der Waals surface area contributed by atoms with Crippen molar-refractivity contribution < 1.29 is 9.53 Å². The van der Waals surface area contributed by atoms with Crippen molar-refractivity contribution in [3.05, 3.63) is 63.7 Å². The average Bonchev–Trinajstić information content (AvgIpc) is 2.86. The Labute approximate surface area is 129 Å². The first kappa shape index (κ1) is 14.2. The largest absolute Gasteiger partial charge is 0.493 e. The lowest BCUT2D eigenvalue weighted by molar-refractivity contribution is -0.117. The zero-order valence-electron chi connectivity index (χ0n) is 12.0. The van der Waals surface area contributed by atoms with E-state index in [2.05, 4.69) is 6.07 Å². The van der Waals surface area contributed by atoms with Gasteiger partial charge >= 0.3 is 0 Å². The van der Waals surface area contributed by atoms with Gasteiger partial charge in [-0.2, -0.15) is 0 Å². The minimum absolute atomic E-state index is 0.181. The quantitative estimate of drug-likeness (QED) is 0.855. The van der Waals surface area contributed by atoms with Crippen LogP contribution in [-0.2, 0) is 24.1 Å². The highest BCUT2D eigenvalue weighted by Crippen LogP contribution is 2.33. The number of Topliss-reactive ketones (excluding diaryl/α,β-unsaturated/α-hetero) is 1. The fourth-order valence-corrected chi connectivity index (χ4v) is 3.07.